The number of fused-ring (bicyclic) bond motifs is 1. The first-order valence-electron chi connectivity index (χ1n) is 13.2. The molecule has 0 aliphatic carbocycles. The molecule has 0 aliphatic heterocycles. The number of aromatic amines is 1. The lowest BCUT2D eigenvalue weighted by Crippen LogP contribution is -2.25. The maximum absolute atomic E-state index is 14.2. The Balaban J connectivity index is 0.00000108. The van der Waals surface area contributed by atoms with Gasteiger partial charge in [-0.2, -0.15) is 0 Å². The van der Waals surface area contributed by atoms with Crippen molar-refractivity contribution >= 4 is 34.5 Å². The van der Waals surface area contributed by atoms with Crippen molar-refractivity contribution in [2.24, 2.45) is 11.1 Å². The van der Waals surface area contributed by atoms with Gasteiger partial charge in [-0.1, -0.05) is 26.8 Å². The average Bonchev–Trinajstić information content (AvgIpc) is 3.28. The van der Waals surface area contributed by atoms with Crippen molar-refractivity contribution in [3.8, 4) is 0 Å². The van der Waals surface area contributed by atoms with E-state index >= 15 is 0 Å². The highest BCUT2D eigenvalue weighted by molar-refractivity contribution is 5.90. The molecule has 3 rings (SSSR count). The number of nitrogens with one attached hydrogen (secondary N) is 2. The number of H-pyrrole nitrogens is 1. The summed E-state index contributed by atoms with van der Waals surface area (Å²) in [6, 6.07) is 8.20. The number of carbonyl (C=O) groups excluding carboxylic acids is 3. The van der Waals surface area contributed by atoms with E-state index in [2.05, 4.69) is 41.5 Å². The molecule has 0 radical (unpaired) electrons. The highest BCUT2D eigenvalue weighted by atomic mass is 19.1. The molecule has 3 aromatic rings. The number of nitrogens with zero attached hydrogens (tertiary/aromatic N) is 2. The van der Waals surface area contributed by atoms with Crippen molar-refractivity contribution in [1.82, 2.24) is 14.5 Å². The Hall–Kier alpha value is -4.41. The number of nitrogens with two attached hydrogens (primary N) is 1. The van der Waals surface area contributed by atoms with Crippen molar-refractivity contribution in [3.05, 3.63) is 76.1 Å². The molecule has 0 bridgehead atoms. The van der Waals surface area contributed by atoms with Crippen LogP contribution in [0.25, 0.3) is 10.9 Å². The van der Waals surface area contributed by atoms with E-state index in [1.807, 2.05) is 6.07 Å². The lowest BCUT2D eigenvalue weighted by atomic mass is 9.87. The van der Waals surface area contributed by atoms with Crippen LogP contribution in [-0.4, -0.2) is 53.6 Å². The van der Waals surface area contributed by atoms with Crippen molar-refractivity contribution < 1.29 is 23.5 Å². The Labute approximate surface area is 239 Å². The molecule has 10 nitrogen and oxygen atoms in total. The summed E-state index contributed by atoms with van der Waals surface area (Å²) in [6.45, 7) is 6.58. The van der Waals surface area contributed by atoms with Gasteiger partial charge in [-0.05, 0) is 66.6 Å². The number of hydrogen-bond donors (Lipinski definition) is 3. The maximum atomic E-state index is 14.2. The molecule has 11 heteroatoms. The summed E-state index contributed by atoms with van der Waals surface area (Å²) in [4.78, 5) is 51.0. The summed E-state index contributed by atoms with van der Waals surface area (Å²) >= 11 is 0. The number of pyridine rings is 1. The van der Waals surface area contributed by atoms with Crippen LogP contribution in [0.1, 0.15) is 51.3 Å². The lowest BCUT2D eigenvalue weighted by molar-refractivity contribution is -0.123. The van der Waals surface area contributed by atoms with Crippen LogP contribution >= 0.6 is 0 Å². The molecule has 0 aliphatic rings. The van der Waals surface area contributed by atoms with E-state index in [1.165, 1.54) is 28.7 Å². The summed E-state index contributed by atoms with van der Waals surface area (Å²) in [5.74, 6) is -0.645. The van der Waals surface area contributed by atoms with Gasteiger partial charge in [0.15, 0.2) is 0 Å². The van der Waals surface area contributed by atoms with Crippen molar-refractivity contribution in [2.75, 3.05) is 26.5 Å². The van der Waals surface area contributed by atoms with Crippen molar-refractivity contribution in [1.29, 1.82) is 0 Å². The van der Waals surface area contributed by atoms with Crippen LogP contribution in [0.5, 0.6) is 0 Å². The number of unbranched alkanes of at least 4 members (excludes halogenated alkanes) is 1. The van der Waals surface area contributed by atoms with E-state index in [9.17, 15) is 23.6 Å². The number of allylic oxidation sites excluding steroid dienone is 1. The third kappa shape index (κ3) is 10.9. The zero-order chi connectivity index (χ0) is 30.7. The van der Waals surface area contributed by atoms with Crippen LogP contribution in [0.2, 0.25) is 0 Å². The molecule has 41 heavy (non-hydrogen) atoms. The highest BCUT2D eigenvalue weighted by Gasteiger charge is 2.16. The predicted molar refractivity (Wildman–Crippen MR) is 158 cm³/mol. The van der Waals surface area contributed by atoms with Crippen molar-refractivity contribution in [3.63, 3.8) is 0 Å². The smallest absolute Gasteiger partial charge is 0.404 e. The molecule has 0 spiro atoms. The van der Waals surface area contributed by atoms with Gasteiger partial charge in [0.1, 0.15) is 11.5 Å². The first-order chi connectivity index (χ1) is 19.2. The molecule has 2 heterocycles. The number of methoxy groups -OCH3 is 1. The van der Waals surface area contributed by atoms with Gasteiger partial charge in [-0.25, -0.2) is 9.18 Å². The Kier molecular flexibility index (Phi) is 11.9. The predicted octanol–water partition coefficient (Wildman–Crippen LogP) is 4.57. The zero-order valence-corrected chi connectivity index (χ0v) is 24.5. The fourth-order valence-corrected chi connectivity index (χ4v) is 4.00. The van der Waals surface area contributed by atoms with Gasteiger partial charge >= 0.3 is 6.09 Å². The summed E-state index contributed by atoms with van der Waals surface area (Å²) < 4.78 is 19.6. The third-order valence-corrected chi connectivity index (χ3v) is 5.86. The number of halogens is 1. The van der Waals surface area contributed by atoms with E-state index in [-0.39, 0.29) is 47.3 Å². The second kappa shape index (κ2) is 14.8. The summed E-state index contributed by atoms with van der Waals surface area (Å²) in [7, 11) is 4.58. The van der Waals surface area contributed by atoms with Crippen LogP contribution in [0.4, 0.5) is 14.9 Å². The highest BCUT2D eigenvalue weighted by Crippen LogP contribution is 2.28. The normalized spacial score (nSPS) is 11.2. The third-order valence-electron chi connectivity index (χ3n) is 5.86. The Bertz CT molecular complexity index is 1450. The lowest BCUT2D eigenvalue weighted by Gasteiger charge is -2.18. The number of hydrogen-bond acceptors (Lipinski definition) is 5. The van der Waals surface area contributed by atoms with E-state index in [1.54, 1.807) is 44.6 Å². The van der Waals surface area contributed by atoms with Crippen LogP contribution in [-0.2, 0) is 27.3 Å². The Morgan fingerprint density at radius 1 is 1.20 bits per heavy atom. The molecule has 0 unspecified atom stereocenters. The largest absolute Gasteiger partial charge is 0.453 e. The van der Waals surface area contributed by atoms with E-state index in [0.29, 0.717) is 19.3 Å². The van der Waals surface area contributed by atoms with Gasteiger partial charge in [0.25, 0.3) is 5.56 Å². The van der Waals surface area contributed by atoms with Gasteiger partial charge in [-0.15, -0.1) is 0 Å². The Morgan fingerprint density at radius 3 is 2.49 bits per heavy atom. The van der Waals surface area contributed by atoms with Crippen molar-refractivity contribution in [2.45, 2.75) is 53.0 Å². The quantitative estimate of drug-likeness (QED) is 0.256. The molecule has 222 valence electrons. The Morgan fingerprint density at radius 2 is 1.88 bits per heavy atom. The second-order valence-electron chi connectivity index (χ2n) is 11.0. The first-order valence-corrected chi connectivity index (χ1v) is 13.2. The fraction of sp³-hybridized carbons (Fsp3) is 0.400. The minimum absolute atomic E-state index is 0.00456. The van der Waals surface area contributed by atoms with Gasteiger partial charge in [0, 0.05) is 43.3 Å². The summed E-state index contributed by atoms with van der Waals surface area (Å²) in [5.41, 5.74) is 6.86. The molecule has 3 amide bonds. The number of rotatable bonds is 9. The molecule has 0 atom stereocenters. The van der Waals surface area contributed by atoms with Crippen LogP contribution in [0.15, 0.2) is 53.5 Å². The number of primary amides is 1. The second-order valence-corrected chi connectivity index (χ2v) is 11.0. The topological polar surface area (TPSA) is 140 Å². The summed E-state index contributed by atoms with van der Waals surface area (Å²) in [5, 5.41) is 3.46. The monoisotopic (exact) mass is 569 g/mol. The molecular weight excluding hydrogens is 529 g/mol. The van der Waals surface area contributed by atoms with E-state index < -0.39 is 6.09 Å². The standard InChI is InChI=1S/C28H35FN4O3.C2H5NO2/c1-28(2,3)17-20-15-21(29)14-19-16-22(30-26(19)20)18-33-13-9-10-23(27(33)36)31-24(34)11-7-6-8-12-25(35)32(4)5;1-5-2(3)4/h8-10,12-16,30H,6-7,11,17-18H2,1-5H3,(H,31,34);1H3,(H2,3,4)/b12-8+;. The molecular formula is C30H40FN5O5. The molecule has 0 saturated carbocycles. The van der Waals surface area contributed by atoms with E-state index in [4.69, 9.17) is 0 Å². The number of carbonyl (C=O) groups is 3. The summed E-state index contributed by atoms with van der Waals surface area (Å²) in [6.07, 6.45) is 6.24. The molecule has 0 saturated heterocycles. The van der Waals surface area contributed by atoms with Gasteiger partial charge in [-0.3, -0.25) is 14.4 Å². The van der Waals surface area contributed by atoms with Gasteiger partial charge < -0.3 is 30.2 Å². The first kappa shape index (κ1) is 32.8. The number of aromatic nitrogens is 2. The minimum Gasteiger partial charge on any atom is -0.453 e. The molecule has 1 aromatic carbocycles. The minimum atomic E-state index is -0.745. The number of likely N-dealkylation sites (N-methyl/N-ethyl adjacent to an activating group) is 1. The maximum Gasteiger partial charge on any atom is 0.404 e. The molecule has 0 fully saturated rings. The zero-order valence-electron chi connectivity index (χ0n) is 24.5. The van der Waals surface area contributed by atoms with E-state index in [0.717, 1.165) is 22.2 Å². The van der Waals surface area contributed by atoms with Crippen LogP contribution < -0.4 is 16.6 Å². The van der Waals surface area contributed by atoms with Gasteiger partial charge in [0.2, 0.25) is 11.8 Å². The SMILES string of the molecule is CN(C)C(=O)/C=C/CCCC(=O)Nc1cccn(Cc2cc3cc(F)cc(CC(C)(C)C)c3[nH]2)c1=O.COC(N)=O. The molecule has 4 N–H and O–H groups in total. The number of amides is 3. The number of anilines is 1. The number of ether oxygens (including phenoxy) is 1. The molecule has 2 aromatic heterocycles. The number of benzene rings is 1. The fourth-order valence-electron chi connectivity index (χ4n) is 4.00. The van der Waals surface area contributed by atoms with Crippen LogP contribution in [0, 0.1) is 11.2 Å². The van der Waals surface area contributed by atoms with Crippen LogP contribution in [0.3, 0.4) is 0 Å². The average molecular weight is 570 g/mol. The van der Waals surface area contributed by atoms with Gasteiger partial charge in [0.05, 0.1) is 13.7 Å².